The molecule has 1 saturated carbocycles. The highest BCUT2D eigenvalue weighted by atomic mass is 16.4. The van der Waals surface area contributed by atoms with Crippen molar-refractivity contribution in [2.75, 3.05) is 0 Å². The van der Waals surface area contributed by atoms with E-state index < -0.39 is 11.9 Å². The monoisotopic (exact) mass is 269 g/mol. The van der Waals surface area contributed by atoms with Crippen LogP contribution in [0, 0.1) is 17.8 Å². The Morgan fingerprint density at radius 1 is 1.21 bits per heavy atom. The molecule has 0 heterocycles. The lowest BCUT2D eigenvalue weighted by Gasteiger charge is -2.28. The van der Waals surface area contributed by atoms with Gasteiger partial charge in [-0.05, 0) is 39.0 Å². The van der Waals surface area contributed by atoms with Crippen molar-refractivity contribution in [2.24, 2.45) is 17.8 Å². The third-order valence-corrected chi connectivity index (χ3v) is 4.23. The average molecular weight is 269 g/mol. The first-order chi connectivity index (χ1) is 8.80. The summed E-state index contributed by atoms with van der Waals surface area (Å²) in [4.78, 5) is 23.6. The lowest BCUT2D eigenvalue weighted by Crippen LogP contribution is -2.47. The van der Waals surface area contributed by atoms with Crippen LogP contribution in [0.3, 0.4) is 0 Å². The van der Waals surface area contributed by atoms with Gasteiger partial charge in [0, 0.05) is 5.54 Å². The molecule has 0 spiro atoms. The maximum Gasteiger partial charge on any atom is 0.307 e. The molecule has 1 rings (SSSR count). The van der Waals surface area contributed by atoms with Crippen molar-refractivity contribution in [1.82, 2.24) is 5.32 Å². The summed E-state index contributed by atoms with van der Waals surface area (Å²) in [5.41, 5.74) is -0.251. The van der Waals surface area contributed by atoms with Gasteiger partial charge in [0.2, 0.25) is 5.91 Å². The summed E-state index contributed by atoms with van der Waals surface area (Å²) in [6, 6.07) is 0. The Bertz CT molecular complexity index is 338. The maximum absolute atomic E-state index is 12.3. The molecule has 1 fully saturated rings. The van der Waals surface area contributed by atoms with Gasteiger partial charge in [0.15, 0.2) is 0 Å². The van der Waals surface area contributed by atoms with E-state index in [1.165, 1.54) is 0 Å². The Balaban J connectivity index is 2.71. The van der Waals surface area contributed by atoms with E-state index in [0.29, 0.717) is 18.8 Å². The van der Waals surface area contributed by atoms with Crippen LogP contribution in [0.5, 0.6) is 0 Å². The van der Waals surface area contributed by atoms with E-state index in [-0.39, 0.29) is 17.4 Å². The molecule has 2 N–H and O–H groups in total. The Morgan fingerprint density at radius 2 is 1.79 bits per heavy atom. The zero-order valence-corrected chi connectivity index (χ0v) is 12.5. The molecule has 0 aromatic carbocycles. The van der Waals surface area contributed by atoms with Gasteiger partial charge in [0.1, 0.15) is 0 Å². The Morgan fingerprint density at radius 3 is 2.26 bits per heavy atom. The van der Waals surface area contributed by atoms with Crippen molar-refractivity contribution in [3.63, 3.8) is 0 Å². The number of hydrogen-bond acceptors (Lipinski definition) is 2. The number of rotatable bonds is 6. The molecule has 0 aliphatic heterocycles. The van der Waals surface area contributed by atoms with Crippen molar-refractivity contribution < 1.29 is 14.7 Å². The molecule has 0 aromatic heterocycles. The molecule has 0 bridgehead atoms. The topological polar surface area (TPSA) is 66.4 Å². The van der Waals surface area contributed by atoms with Gasteiger partial charge in [0.25, 0.3) is 0 Å². The molecule has 0 aromatic rings. The smallest absolute Gasteiger partial charge is 0.307 e. The zero-order valence-electron chi connectivity index (χ0n) is 12.5. The molecule has 1 amide bonds. The fourth-order valence-corrected chi connectivity index (χ4v) is 3.15. The van der Waals surface area contributed by atoms with Gasteiger partial charge in [0.05, 0.1) is 11.8 Å². The van der Waals surface area contributed by atoms with Crippen molar-refractivity contribution in [3.05, 3.63) is 0 Å². The molecule has 110 valence electrons. The molecule has 4 nitrogen and oxygen atoms in total. The van der Waals surface area contributed by atoms with Gasteiger partial charge in [-0.3, -0.25) is 9.59 Å². The second-order valence-electron chi connectivity index (χ2n) is 6.42. The minimum atomic E-state index is -0.829. The van der Waals surface area contributed by atoms with E-state index in [9.17, 15) is 14.7 Å². The highest BCUT2D eigenvalue weighted by molar-refractivity contribution is 5.85. The fraction of sp³-hybridized carbons (Fsp3) is 0.867. The quantitative estimate of drug-likeness (QED) is 0.779. The number of aliphatic carboxylic acids is 1. The number of nitrogens with one attached hydrogen (secondary N) is 1. The van der Waals surface area contributed by atoms with E-state index in [1.54, 1.807) is 0 Å². The van der Waals surface area contributed by atoms with Crippen LogP contribution in [0.4, 0.5) is 0 Å². The standard InChI is InChI=1S/C15H27NO3/c1-5-7-15(3,4)16-13(17)11-8-10(6-2)9-12(11)14(18)19/h10-12H,5-9H2,1-4H3,(H,16,17)(H,18,19). The van der Waals surface area contributed by atoms with Crippen molar-refractivity contribution >= 4 is 11.9 Å². The highest BCUT2D eigenvalue weighted by Crippen LogP contribution is 2.38. The molecule has 19 heavy (non-hydrogen) atoms. The van der Waals surface area contributed by atoms with Crippen LogP contribution < -0.4 is 5.32 Å². The van der Waals surface area contributed by atoms with Gasteiger partial charge >= 0.3 is 5.97 Å². The average Bonchev–Trinajstić information content (AvgIpc) is 2.72. The summed E-state index contributed by atoms with van der Waals surface area (Å²) in [7, 11) is 0. The molecular formula is C15H27NO3. The van der Waals surface area contributed by atoms with E-state index in [1.807, 2.05) is 13.8 Å². The third-order valence-electron chi connectivity index (χ3n) is 4.23. The molecular weight excluding hydrogens is 242 g/mol. The second kappa shape index (κ2) is 6.40. The number of carboxylic acid groups (broad SMARTS) is 1. The van der Waals surface area contributed by atoms with Gasteiger partial charge in [-0.25, -0.2) is 0 Å². The third kappa shape index (κ3) is 4.22. The molecule has 3 atom stereocenters. The van der Waals surface area contributed by atoms with Crippen molar-refractivity contribution in [2.45, 2.75) is 65.3 Å². The summed E-state index contributed by atoms with van der Waals surface area (Å²) in [6.07, 6.45) is 4.20. The minimum Gasteiger partial charge on any atom is -0.481 e. The van der Waals surface area contributed by atoms with Crippen LogP contribution in [0.2, 0.25) is 0 Å². The van der Waals surface area contributed by atoms with Crippen LogP contribution in [0.15, 0.2) is 0 Å². The summed E-state index contributed by atoms with van der Waals surface area (Å²) < 4.78 is 0. The lowest BCUT2D eigenvalue weighted by atomic mass is 9.92. The van der Waals surface area contributed by atoms with Crippen LogP contribution >= 0.6 is 0 Å². The summed E-state index contributed by atoms with van der Waals surface area (Å²) in [5, 5.41) is 12.3. The maximum atomic E-state index is 12.3. The van der Waals surface area contributed by atoms with E-state index in [0.717, 1.165) is 19.3 Å². The Kier molecular flexibility index (Phi) is 5.39. The van der Waals surface area contributed by atoms with Crippen LogP contribution in [0.1, 0.15) is 59.8 Å². The lowest BCUT2D eigenvalue weighted by molar-refractivity contribution is -0.146. The van der Waals surface area contributed by atoms with E-state index in [2.05, 4.69) is 19.2 Å². The number of carboxylic acids is 1. The minimum absolute atomic E-state index is 0.0817. The van der Waals surface area contributed by atoms with Gasteiger partial charge in [-0.1, -0.05) is 26.7 Å². The number of carbonyl (C=O) groups is 2. The first-order valence-corrected chi connectivity index (χ1v) is 7.35. The summed E-state index contributed by atoms with van der Waals surface area (Å²) >= 11 is 0. The van der Waals surface area contributed by atoms with Crippen molar-refractivity contribution in [1.29, 1.82) is 0 Å². The van der Waals surface area contributed by atoms with Crippen LogP contribution in [0.25, 0.3) is 0 Å². The fourth-order valence-electron chi connectivity index (χ4n) is 3.15. The first kappa shape index (κ1) is 16.0. The molecule has 0 radical (unpaired) electrons. The SMILES string of the molecule is CCCC(C)(C)NC(=O)C1CC(CC)CC1C(=O)O. The molecule has 4 heteroatoms. The first-order valence-electron chi connectivity index (χ1n) is 7.35. The summed E-state index contributed by atoms with van der Waals surface area (Å²) in [5.74, 6) is -1.42. The normalized spacial score (nSPS) is 27.3. The Hall–Kier alpha value is -1.06. The van der Waals surface area contributed by atoms with E-state index in [4.69, 9.17) is 0 Å². The van der Waals surface area contributed by atoms with Gasteiger partial charge < -0.3 is 10.4 Å². The largest absolute Gasteiger partial charge is 0.481 e. The van der Waals surface area contributed by atoms with Gasteiger partial charge in [-0.15, -0.1) is 0 Å². The van der Waals surface area contributed by atoms with Gasteiger partial charge in [-0.2, -0.15) is 0 Å². The number of amides is 1. The summed E-state index contributed by atoms with van der Waals surface area (Å²) in [6.45, 7) is 8.13. The zero-order chi connectivity index (χ0) is 14.6. The molecule has 1 aliphatic carbocycles. The van der Waals surface area contributed by atoms with Crippen LogP contribution in [-0.2, 0) is 9.59 Å². The second-order valence-corrected chi connectivity index (χ2v) is 6.42. The predicted octanol–water partition coefficient (Wildman–Crippen LogP) is 2.82. The van der Waals surface area contributed by atoms with Crippen LogP contribution in [-0.4, -0.2) is 22.5 Å². The Labute approximate surface area is 116 Å². The van der Waals surface area contributed by atoms with Crippen molar-refractivity contribution in [3.8, 4) is 0 Å². The molecule has 3 unspecified atom stereocenters. The molecule has 0 saturated heterocycles. The number of hydrogen-bond donors (Lipinski definition) is 2. The van der Waals surface area contributed by atoms with E-state index >= 15 is 0 Å². The number of carbonyl (C=O) groups excluding carboxylic acids is 1. The molecule has 1 aliphatic rings. The predicted molar refractivity (Wildman–Crippen MR) is 74.8 cm³/mol. The highest BCUT2D eigenvalue weighted by Gasteiger charge is 2.42.